The average Bonchev–Trinajstić information content (AvgIpc) is 3.09. The summed E-state index contributed by atoms with van der Waals surface area (Å²) in [6, 6.07) is 14.6. The number of thioether (sulfide) groups is 1. The van der Waals surface area contributed by atoms with Gasteiger partial charge >= 0.3 is 0 Å². The molecule has 2 unspecified atom stereocenters. The Morgan fingerprint density at radius 2 is 2.05 bits per heavy atom. The molecule has 0 aromatic heterocycles. The zero-order chi connectivity index (χ0) is 14.2. The molecule has 1 heterocycles. The smallest absolute Gasteiger partial charge is 0.122 e. The van der Waals surface area contributed by atoms with Crippen molar-refractivity contribution in [2.45, 2.75) is 35.5 Å². The average molecular weight is 298 g/mol. The minimum absolute atomic E-state index is 0.311. The molecule has 2 aromatic rings. The topological polar surface area (TPSA) is 29.5 Å². The van der Waals surface area contributed by atoms with Crippen molar-refractivity contribution in [2.24, 2.45) is 0 Å². The zero-order valence-corrected chi connectivity index (χ0v) is 12.6. The van der Waals surface area contributed by atoms with E-state index in [1.165, 1.54) is 16.0 Å². The van der Waals surface area contributed by atoms with E-state index in [4.69, 9.17) is 4.74 Å². The molecule has 0 spiro atoms. The van der Waals surface area contributed by atoms with Gasteiger partial charge in [-0.1, -0.05) is 30.3 Å². The SMILES string of the molecule is OC1CCc2c(OCC3Cc4ccccc4S3)cccc21. The van der Waals surface area contributed by atoms with Gasteiger partial charge in [-0.05, 0) is 42.5 Å². The van der Waals surface area contributed by atoms with Crippen LogP contribution in [-0.4, -0.2) is 17.0 Å². The van der Waals surface area contributed by atoms with Crippen molar-refractivity contribution in [3.05, 3.63) is 59.2 Å². The highest BCUT2D eigenvalue weighted by Gasteiger charge is 2.25. The molecule has 4 rings (SSSR count). The lowest BCUT2D eigenvalue weighted by Crippen LogP contribution is -2.14. The fourth-order valence-electron chi connectivity index (χ4n) is 3.26. The van der Waals surface area contributed by atoms with Gasteiger partial charge in [0, 0.05) is 15.7 Å². The van der Waals surface area contributed by atoms with Gasteiger partial charge in [-0.25, -0.2) is 0 Å². The molecule has 0 saturated carbocycles. The van der Waals surface area contributed by atoms with Crippen molar-refractivity contribution in [3.63, 3.8) is 0 Å². The molecule has 0 fully saturated rings. The first-order valence-corrected chi connectivity index (χ1v) is 8.36. The number of ether oxygens (including phenoxy) is 1. The third kappa shape index (κ3) is 2.45. The van der Waals surface area contributed by atoms with Crippen LogP contribution in [0.5, 0.6) is 5.75 Å². The van der Waals surface area contributed by atoms with Crippen LogP contribution < -0.4 is 4.74 Å². The van der Waals surface area contributed by atoms with Gasteiger partial charge in [0.05, 0.1) is 6.10 Å². The quantitative estimate of drug-likeness (QED) is 0.935. The van der Waals surface area contributed by atoms with E-state index in [1.54, 1.807) is 0 Å². The van der Waals surface area contributed by atoms with E-state index in [0.29, 0.717) is 5.25 Å². The van der Waals surface area contributed by atoms with E-state index in [-0.39, 0.29) is 6.10 Å². The maximum absolute atomic E-state index is 9.94. The summed E-state index contributed by atoms with van der Waals surface area (Å²) in [5, 5.41) is 10.4. The Labute approximate surface area is 129 Å². The Kier molecular flexibility index (Phi) is 3.40. The molecule has 2 nitrogen and oxygen atoms in total. The standard InChI is InChI=1S/C18H18O2S/c19-16-9-8-15-14(16)5-3-6-17(15)20-11-13-10-12-4-1-2-7-18(12)21-13/h1-7,13,16,19H,8-11H2. The summed E-state index contributed by atoms with van der Waals surface area (Å²) in [5.41, 5.74) is 3.69. The maximum atomic E-state index is 9.94. The van der Waals surface area contributed by atoms with Crippen LogP contribution in [0.1, 0.15) is 29.2 Å². The summed E-state index contributed by atoms with van der Waals surface area (Å²) >= 11 is 1.91. The molecule has 1 aliphatic carbocycles. The van der Waals surface area contributed by atoms with Crippen LogP contribution in [0.4, 0.5) is 0 Å². The first-order chi connectivity index (χ1) is 10.3. The molecule has 2 aromatic carbocycles. The van der Waals surface area contributed by atoms with Crippen molar-refractivity contribution in [1.29, 1.82) is 0 Å². The third-order valence-corrected chi connectivity index (χ3v) is 5.62. The van der Waals surface area contributed by atoms with Gasteiger partial charge in [0.15, 0.2) is 0 Å². The van der Waals surface area contributed by atoms with Crippen molar-refractivity contribution >= 4 is 11.8 Å². The largest absolute Gasteiger partial charge is 0.492 e. The highest BCUT2D eigenvalue weighted by molar-refractivity contribution is 8.00. The fourth-order valence-corrected chi connectivity index (χ4v) is 4.48. The second-order valence-corrected chi connectivity index (χ2v) is 7.08. The molecule has 2 atom stereocenters. The molecular formula is C18H18O2S. The Balaban J connectivity index is 1.45. The van der Waals surface area contributed by atoms with Crippen LogP contribution in [0.3, 0.4) is 0 Å². The normalized spacial score (nSPS) is 22.9. The molecular weight excluding hydrogens is 280 g/mol. The minimum atomic E-state index is -0.311. The molecule has 0 amide bonds. The molecule has 21 heavy (non-hydrogen) atoms. The zero-order valence-electron chi connectivity index (χ0n) is 11.8. The Morgan fingerprint density at radius 3 is 2.95 bits per heavy atom. The molecule has 1 N–H and O–H groups in total. The lowest BCUT2D eigenvalue weighted by Gasteiger charge is -2.14. The fraction of sp³-hybridized carbons (Fsp3) is 0.333. The molecule has 0 bridgehead atoms. The van der Waals surface area contributed by atoms with Crippen molar-refractivity contribution in [1.82, 2.24) is 0 Å². The van der Waals surface area contributed by atoms with E-state index in [2.05, 4.69) is 24.3 Å². The number of aliphatic hydroxyl groups excluding tert-OH is 1. The first kappa shape index (κ1) is 13.2. The highest BCUT2D eigenvalue weighted by atomic mass is 32.2. The van der Waals surface area contributed by atoms with Gasteiger partial charge in [0.2, 0.25) is 0 Å². The molecule has 0 radical (unpaired) electrons. The summed E-state index contributed by atoms with van der Waals surface area (Å²) in [4.78, 5) is 1.39. The summed E-state index contributed by atoms with van der Waals surface area (Å²) < 4.78 is 6.08. The van der Waals surface area contributed by atoms with Gasteiger partial charge < -0.3 is 9.84 Å². The van der Waals surface area contributed by atoms with E-state index in [1.807, 2.05) is 30.0 Å². The summed E-state index contributed by atoms with van der Waals surface area (Å²) in [7, 11) is 0. The van der Waals surface area contributed by atoms with E-state index in [9.17, 15) is 5.11 Å². The number of hydrogen-bond donors (Lipinski definition) is 1. The summed E-state index contributed by atoms with van der Waals surface area (Å²) in [6.45, 7) is 0.728. The van der Waals surface area contributed by atoms with E-state index < -0.39 is 0 Å². The van der Waals surface area contributed by atoms with Crippen LogP contribution in [0.2, 0.25) is 0 Å². The van der Waals surface area contributed by atoms with Gasteiger partial charge in [-0.15, -0.1) is 11.8 Å². The highest BCUT2D eigenvalue weighted by Crippen LogP contribution is 2.39. The molecule has 0 saturated heterocycles. The van der Waals surface area contributed by atoms with Crippen LogP contribution in [0.15, 0.2) is 47.4 Å². The predicted octanol–water partition coefficient (Wildman–Crippen LogP) is 3.76. The monoisotopic (exact) mass is 298 g/mol. The molecule has 1 aliphatic heterocycles. The lowest BCUT2D eigenvalue weighted by molar-refractivity contribution is 0.180. The lowest BCUT2D eigenvalue weighted by atomic mass is 10.1. The number of benzene rings is 2. The summed E-state index contributed by atoms with van der Waals surface area (Å²) in [6.07, 6.45) is 2.51. The van der Waals surface area contributed by atoms with E-state index in [0.717, 1.165) is 37.2 Å². The Morgan fingerprint density at radius 1 is 1.14 bits per heavy atom. The molecule has 2 aliphatic rings. The molecule has 108 valence electrons. The van der Waals surface area contributed by atoms with Gasteiger partial charge in [-0.2, -0.15) is 0 Å². The van der Waals surface area contributed by atoms with Crippen LogP contribution >= 0.6 is 11.8 Å². The second kappa shape index (κ2) is 5.39. The van der Waals surface area contributed by atoms with Gasteiger partial charge in [0.25, 0.3) is 0 Å². The van der Waals surface area contributed by atoms with Crippen LogP contribution in [0.25, 0.3) is 0 Å². The van der Waals surface area contributed by atoms with Crippen molar-refractivity contribution < 1.29 is 9.84 Å². The predicted molar refractivity (Wildman–Crippen MR) is 85.0 cm³/mol. The van der Waals surface area contributed by atoms with Crippen LogP contribution in [-0.2, 0) is 12.8 Å². The maximum Gasteiger partial charge on any atom is 0.122 e. The van der Waals surface area contributed by atoms with Gasteiger partial charge in [0.1, 0.15) is 12.4 Å². The summed E-state index contributed by atoms with van der Waals surface area (Å²) in [5.74, 6) is 0.959. The minimum Gasteiger partial charge on any atom is -0.492 e. The Bertz CT molecular complexity index is 643. The Hall–Kier alpha value is -1.45. The number of rotatable bonds is 3. The number of fused-ring (bicyclic) bond motifs is 2. The molecule has 3 heteroatoms. The number of hydrogen-bond acceptors (Lipinski definition) is 3. The van der Waals surface area contributed by atoms with Gasteiger partial charge in [-0.3, -0.25) is 0 Å². The first-order valence-electron chi connectivity index (χ1n) is 7.48. The van der Waals surface area contributed by atoms with Crippen LogP contribution in [0, 0.1) is 0 Å². The van der Waals surface area contributed by atoms with E-state index >= 15 is 0 Å². The van der Waals surface area contributed by atoms with Crippen molar-refractivity contribution in [2.75, 3.05) is 6.61 Å². The third-order valence-electron chi connectivity index (χ3n) is 4.33. The number of aliphatic hydroxyl groups is 1. The van der Waals surface area contributed by atoms with Crippen molar-refractivity contribution in [3.8, 4) is 5.75 Å². The second-order valence-electron chi connectivity index (χ2n) is 5.74.